The predicted molar refractivity (Wildman–Crippen MR) is 58.1 cm³/mol. The average Bonchev–Trinajstić information content (AvgIpc) is 1.84. The average molecular weight is 288 g/mol. The quantitative estimate of drug-likeness (QED) is 0.552. The van der Waals surface area contributed by atoms with Crippen molar-refractivity contribution in [3.8, 4) is 0 Å². The van der Waals surface area contributed by atoms with Crippen LogP contribution in [0.3, 0.4) is 0 Å². The minimum absolute atomic E-state index is 0.675. The van der Waals surface area contributed by atoms with Crippen molar-refractivity contribution < 1.29 is 0 Å². The standard InChI is InChI=1S/C9H21PTe/c1-7(2)10(11,8(3)4)9(5)6/h7-9H,1-6H3. The predicted octanol–water partition coefficient (Wildman–Crippen LogP) is 3.31. The second-order valence-electron chi connectivity index (χ2n) is 4.04. The Morgan fingerprint density at radius 3 is 0.909 bits per heavy atom. The van der Waals surface area contributed by atoms with Crippen LogP contribution in [0.25, 0.3) is 0 Å². The van der Waals surface area contributed by atoms with Crippen molar-refractivity contribution in [2.45, 2.75) is 58.5 Å². The van der Waals surface area contributed by atoms with Gasteiger partial charge < -0.3 is 0 Å². The van der Waals surface area contributed by atoms with Gasteiger partial charge in [-0.25, -0.2) is 0 Å². The SMILES string of the molecule is CC(C)P(=[Te])(C(C)C)C(C)C. The van der Waals surface area contributed by atoms with E-state index in [-0.39, 0.29) is 0 Å². The minimum atomic E-state index is -0.675. The second-order valence-corrected chi connectivity index (χ2v) is 14.1. The van der Waals surface area contributed by atoms with Gasteiger partial charge in [0.1, 0.15) is 0 Å². The van der Waals surface area contributed by atoms with Crippen molar-refractivity contribution in [1.82, 2.24) is 0 Å². The van der Waals surface area contributed by atoms with Crippen molar-refractivity contribution >= 4 is 25.7 Å². The Morgan fingerprint density at radius 2 is 0.909 bits per heavy atom. The molecule has 68 valence electrons. The Morgan fingerprint density at radius 1 is 0.727 bits per heavy atom. The van der Waals surface area contributed by atoms with Gasteiger partial charge in [-0.05, 0) is 0 Å². The summed E-state index contributed by atoms with van der Waals surface area (Å²) in [4.78, 5) is 0. The van der Waals surface area contributed by atoms with Crippen molar-refractivity contribution in [3.05, 3.63) is 0 Å². The van der Waals surface area contributed by atoms with Gasteiger partial charge in [0.05, 0.1) is 0 Å². The maximum atomic E-state index is 2.44. The Kier molecular flexibility index (Phi) is 4.95. The van der Waals surface area contributed by atoms with Gasteiger partial charge in [-0.3, -0.25) is 0 Å². The molecule has 2 heteroatoms. The van der Waals surface area contributed by atoms with E-state index in [9.17, 15) is 0 Å². The van der Waals surface area contributed by atoms with Gasteiger partial charge >= 0.3 is 84.2 Å². The van der Waals surface area contributed by atoms with Crippen LogP contribution in [0, 0.1) is 0 Å². The summed E-state index contributed by atoms with van der Waals surface area (Å²) in [7, 11) is 0. The molecule has 0 bridgehead atoms. The molecule has 0 aromatic rings. The van der Waals surface area contributed by atoms with E-state index in [0.29, 0.717) is 0 Å². The molecular weight excluding hydrogens is 267 g/mol. The Bertz CT molecular complexity index is 130. The van der Waals surface area contributed by atoms with Gasteiger partial charge in [0.15, 0.2) is 0 Å². The van der Waals surface area contributed by atoms with E-state index >= 15 is 0 Å². The van der Waals surface area contributed by atoms with E-state index in [2.05, 4.69) is 62.8 Å². The van der Waals surface area contributed by atoms with Crippen LogP contribution in [-0.2, 0) is 0 Å². The molecule has 0 heterocycles. The summed E-state index contributed by atoms with van der Waals surface area (Å²) in [5.41, 5.74) is 2.69. The molecule has 0 saturated heterocycles. The van der Waals surface area contributed by atoms with Crippen LogP contribution in [0.1, 0.15) is 41.5 Å². The van der Waals surface area contributed by atoms with Gasteiger partial charge in [-0.15, -0.1) is 0 Å². The molecule has 0 aliphatic rings. The molecule has 0 saturated carbocycles. The molecule has 0 nitrogen and oxygen atoms in total. The van der Waals surface area contributed by atoms with Crippen molar-refractivity contribution in [2.24, 2.45) is 0 Å². The molecule has 0 aliphatic carbocycles. The third-order valence-electron chi connectivity index (χ3n) is 2.42. The van der Waals surface area contributed by atoms with Crippen LogP contribution < -0.4 is 0 Å². The third kappa shape index (κ3) is 2.58. The first-order valence-corrected chi connectivity index (χ1v) is 9.46. The van der Waals surface area contributed by atoms with E-state index in [4.69, 9.17) is 0 Å². The molecule has 0 aromatic heterocycles. The van der Waals surface area contributed by atoms with E-state index in [1.165, 1.54) is 0 Å². The van der Waals surface area contributed by atoms with Crippen LogP contribution in [0.4, 0.5) is 0 Å². The zero-order valence-corrected chi connectivity index (χ0v) is 11.8. The molecular formula is C9H21PTe. The third-order valence-corrected chi connectivity index (χ3v) is 18.1. The fourth-order valence-corrected chi connectivity index (χ4v) is 5.37. The van der Waals surface area contributed by atoms with Crippen molar-refractivity contribution in [3.63, 3.8) is 0 Å². The molecule has 0 unspecified atom stereocenters. The summed E-state index contributed by atoms with van der Waals surface area (Å²) in [5, 5.41) is 0. The molecule has 0 fully saturated rings. The van der Waals surface area contributed by atoms with Crippen molar-refractivity contribution in [2.75, 3.05) is 0 Å². The Balaban J connectivity index is 4.69. The van der Waals surface area contributed by atoms with E-state index < -0.39 is 4.49 Å². The summed E-state index contributed by atoms with van der Waals surface area (Å²) in [6.07, 6.45) is 0. The van der Waals surface area contributed by atoms with Gasteiger partial charge in [0, 0.05) is 0 Å². The summed E-state index contributed by atoms with van der Waals surface area (Å²) >= 11 is 2.44. The topological polar surface area (TPSA) is 0 Å². The van der Waals surface area contributed by atoms with Crippen LogP contribution in [0.2, 0.25) is 0 Å². The van der Waals surface area contributed by atoms with E-state index in [1.54, 1.807) is 0 Å². The molecule has 0 N–H and O–H groups in total. The number of hydrogen-bond donors (Lipinski definition) is 0. The summed E-state index contributed by atoms with van der Waals surface area (Å²) < 4.78 is -0.675. The first kappa shape index (κ1) is 12.2. The van der Waals surface area contributed by atoms with E-state index in [0.717, 1.165) is 17.0 Å². The van der Waals surface area contributed by atoms with Gasteiger partial charge in [0.2, 0.25) is 0 Å². The Labute approximate surface area is 84.1 Å². The Hall–Kier alpha value is 1.22. The van der Waals surface area contributed by atoms with Gasteiger partial charge in [0.25, 0.3) is 0 Å². The fraction of sp³-hybridized carbons (Fsp3) is 1.00. The first-order valence-electron chi connectivity index (χ1n) is 4.42. The van der Waals surface area contributed by atoms with Gasteiger partial charge in [-0.1, -0.05) is 0 Å². The fourth-order valence-electron chi connectivity index (χ4n) is 1.79. The van der Waals surface area contributed by atoms with Crippen LogP contribution in [0.5, 0.6) is 0 Å². The van der Waals surface area contributed by atoms with Gasteiger partial charge in [-0.2, -0.15) is 0 Å². The van der Waals surface area contributed by atoms with Crippen molar-refractivity contribution in [1.29, 1.82) is 0 Å². The first-order chi connectivity index (χ1) is 4.83. The zero-order valence-electron chi connectivity index (χ0n) is 8.59. The van der Waals surface area contributed by atoms with E-state index in [1.807, 2.05) is 0 Å². The van der Waals surface area contributed by atoms with Crippen LogP contribution in [-0.4, -0.2) is 38.2 Å². The summed E-state index contributed by atoms with van der Waals surface area (Å²) in [6.45, 7) is 14.3. The molecule has 0 radical (unpaired) electrons. The monoisotopic (exact) mass is 290 g/mol. The summed E-state index contributed by atoms with van der Waals surface area (Å²) in [5.74, 6) is 0. The molecule has 11 heavy (non-hydrogen) atoms. The normalized spacial score (nSPS) is 13.5. The summed E-state index contributed by atoms with van der Waals surface area (Å²) in [6, 6.07) is 0. The second kappa shape index (κ2) is 4.45. The molecule has 0 atom stereocenters. The zero-order chi connectivity index (χ0) is 9.23. The van der Waals surface area contributed by atoms with Crippen LogP contribution in [0.15, 0.2) is 0 Å². The molecule has 0 aliphatic heterocycles. The molecule has 0 aromatic carbocycles. The molecule has 0 amide bonds. The number of rotatable bonds is 3. The molecule has 0 spiro atoms. The number of hydrogen-bond acceptors (Lipinski definition) is 0. The van der Waals surface area contributed by atoms with Crippen LogP contribution >= 0.6 is 4.49 Å². The molecule has 0 rings (SSSR count). The maximum absolute atomic E-state index is 2.44.